The summed E-state index contributed by atoms with van der Waals surface area (Å²) < 4.78 is 0. The Labute approximate surface area is 77.1 Å². The first kappa shape index (κ1) is 9.51. The van der Waals surface area contributed by atoms with E-state index in [4.69, 9.17) is 0 Å². The molecular weight excluding hydrogens is 166 g/mol. The molecule has 0 fully saturated rings. The smallest absolute Gasteiger partial charge is 0.243 e. The van der Waals surface area contributed by atoms with Gasteiger partial charge in [0.25, 0.3) is 0 Å². The number of H-pyrrole nitrogens is 1. The van der Waals surface area contributed by atoms with Crippen molar-refractivity contribution in [2.24, 2.45) is 0 Å². The van der Waals surface area contributed by atoms with E-state index in [-0.39, 0.29) is 5.91 Å². The molecule has 1 aromatic rings. The molecule has 0 aliphatic carbocycles. The van der Waals surface area contributed by atoms with Gasteiger partial charge in [-0.1, -0.05) is 6.08 Å². The molecule has 1 amide bonds. The van der Waals surface area contributed by atoms with Crippen LogP contribution in [-0.4, -0.2) is 22.4 Å². The molecule has 0 aliphatic rings. The van der Waals surface area contributed by atoms with E-state index in [1.807, 2.05) is 6.92 Å². The van der Waals surface area contributed by atoms with E-state index in [9.17, 15) is 4.79 Å². The molecule has 0 unspecified atom stereocenters. The summed E-state index contributed by atoms with van der Waals surface area (Å²) in [5.41, 5.74) is 0. The van der Waals surface area contributed by atoms with Gasteiger partial charge in [0, 0.05) is 25.4 Å². The van der Waals surface area contributed by atoms with Crippen LogP contribution in [-0.2, 0) is 11.2 Å². The van der Waals surface area contributed by atoms with Gasteiger partial charge < -0.3 is 10.3 Å². The largest absolute Gasteiger partial charge is 0.352 e. The van der Waals surface area contributed by atoms with Crippen LogP contribution < -0.4 is 5.32 Å². The van der Waals surface area contributed by atoms with Gasteiger partial charge in [0.05, 0.1) is 0 Å². The molecule has 70 valence electrons. The minimum Gasteiger partial charge on any atom is -0.352 e. The molecule has 0 bridgehead atoms. The third-order valence-electron chi connectivity index (χ3n) is 1.53. The minimum absolute atomic E-state index is 0.0611. The number of hydrogen-bond donors (Lipinski definition) is 2. The molecule has 1 rings (SSSR count). The van der Waals surface area contributed by atoms with Crippen molar-refractivity contribution in [1.82, 2.24) is 15.3 Å². The SMILES string of the molecule is C/C=C/C(=O)NCCc1ncc[nH]1. The minimum atomic E-state index is -0.0611. The lowest BCUT2D eigenvalue weighted by Crippen LogP contribution is -2.23. The Morgan fingerprint density at radius 1 is 1.77 bits per heavy atom. The highest BCUT2D eigenvalue weighted by molar-refractivity contribution is 5.87. The van der Waals surface area contributed by atoms with E-state index in [0.29, 0.717) is 6.54 Å². The molecule has 2 N–H and O–H groups in total. The van der Waals surface area contributed by atoms with Crippen LogP contribution in [0, 0.1) is 0 Å². The lowest BCUT2D eigenvalue weighted by atomic mass is 10.4. The lowest BCUT2D eigenvalue weighted by Gasteiger charge is -1.98. The van der Waals surface area contributed by atoms with Gasteiger partial charge in [0.2, 0.25) is 5.91 Å². The molecule has 0 saturated carbocycles. The maximum Gasteiger partial charge on any atom is 0.243 e. The van der Waals surface area contributed by atoms with Crippen molar-refractivity contribution in [2.45, 2.75) is 13.3 Å². The normalized spacial score (nSPS) is 10.5. The van der Waals surface area contributed by atoms with E-state index >= 15 is 0 Å². The van der Waals surface area contributed by atoms with Crippen LogP contribution in [0.4, 0.5) is 0 Å². The van der Waals surface area contributed by atoms with Crippen molar-refractivity contribution in [2.75, 3.05) is 6.54 Å². The van der Waals surface area contributed by atoms with Gasteiger partial charge in [-0.25, -0.2) is 4.98 Å². The van der Waals surface area contributed by atoms with Crippen LogP contribution in [0.25, 0.3) is 0 Å². The Kier molecular flexibility index (Phi) is 3.75. The van der Waals surface area contributed by atoms with Crippen LogP contribution in [0.2, 0.25) is 0 Å². The summed E-state index contributed by atoms with van der Waals surface area (Å²) in [7, 11) is 0. The highest BCUT2D eigenvalue weighted by atomic mass is 16.1. The zero-order valence-corrected chi connectivity index (χ0v) is 7.58. The van der Waals surface area contributed by atoms with Crippen LogP contribution in [0.5, 0.6) is 0 Å². The number of amides is 1. The number of imidazole rings is 1. The van der Waals surface area contributed by atoms with Gasteiger partial charge in [-0.15, -0.1) is 0 Å². The number of nitrogens with zero attached hydrogens (tertiary/aromatic N) is 1. The van der Waals surface area contributed by atoms with E-state index in [2.05, 4.69) is 15.3 Å². The summed E-state index contributed by atoms with van der Waals surface area (Å²) in [5, 5.41) is 2.74. The molecule has 4 heteroatoms. The zero-order chi connectivity index (χ0) is 9.52. The van der Waals surface area contributed by atoms with Crippen molar-refractivity contribution in [3.05, 3.63) is 30.4 Å². The van der Waals surface area contributed by atoms with Gasteiger partial charge in [0.1, 0.15) is 5.82 Å². The summed E-state index contributed by atoms with van der Waals surface area (Å²) >= 11 is 0. The fraction of sp³-hybridized carbons (Fsp3) is 0.333. The topological polar surface area (TPSA) is 57.8 Å². The monoisotopic (exact) mass is 179 g/mol. The van der Waals surface area contributed by atoms with Crippen LogP contribution in [0.1, 0.15) is 12.7 Å². The molecule has 0 atom stereocenters. The third kappa shape index (κ3) is 3.55. The maximum atomic E-state index is 10.9. The van der Waals surface area contributed by atoms with Gasteiger partial charge >= 0.3 is 0 Å². The Morgan fingerprint density at radius 3 is 3.23 bits per heavy atom. The first-order valence-electron chi connectivity index (χ1n) is 4.21. The molecule has 4 nitrogen and oxygen atoms in total. The molecular formula is C9H13N3O. The van der Waals surface area contributed by atoms with Gasteiger partial charge in [0.15, 0.2) is 0 Å². The number of carbonyl (C=O) groups is 1. The number of allylic oxidation sites excluding steroid dienone is 1. The molecule has 1 heterocycles. The molecule has 0 spiro atoms. The van der Waals surface area contributed by atoms with Crippen molar-refractivity contribution < 1.29 is 4.79 Å². The summed E-state index contributed by atoms with van der Waals surface area (Å²) in [5.74, 6) is 0.829. The quantitative estimate of drug-likeness (QED) is 0.666. The Morgan fingerprint density at radius 2 is 2.62 bits per heavy atom. The standard InChI is InChI=1S/C9H13N3O/c1-2-3-9(13)12-5-4-8-10-6-7-11-8/h2-3,6-7H,4-5H2,1H3,(H,10,11)(H,12,13)/b3-2+. The van der Waals surface area contributed by atoms with E-state index in [1.165, 1.54) is 6.08 Å². The zero-order valence-electron chi connectivity index (χ0n) is 7.58. The first-order valence-corrected chi connectivity index (χ1v) is 4.21. The maximum absolute atomic E-state index is 10.9. The summed E-state index contributed by atoms with van der Waals surface area (Å²) in [6.07, 6.45) is 7.41. The number of rotatable bonds is 4. The third-order valence-corrected chi connectivity index (χ3v) is 1.53. The van der Waals surface area contributed by atoms with Crippen molar-refractivity contribution in [3.8, 4) is 0 Å². The fourth-order valence-electron chi connectivity index (χ4n) is 0.949. The summed E-state index contributed by atoms with van der Waals surface area (Å²) in [4.78, 5) is 17.9. The van der Waals surface area contributed by atoms with E-state index in [1.54, 1.807) is 18.5 Å². The Bertz CT molecular complexity index is 277. The Hall–Kier alpha value is -1.58. The number of nitrogens with one attached hydrogen (secondary N) is 2. The van der Waals surface area contributed by atoms with Crippen LogP contribution >= 0.6 is 0 Å². The van der Waals surface area contributed by atoms with Crippen molar-refractivity contribution in [1.29, 1.82) is 0 Å². The highest BCUT2D eigenvalue weighted by Crippen LogP contribution is 1.87. The predicted octanol–water partition coefficient (Wildman–Crippen LogP) is 0.644. The van der Waals surface area contributed by atoms with Crippen LogP contribution in [0.15, 0.2) is 24.5 Å². The molecule has 0 radical (unpaired) electrons. The second-order valence-corrected chi connectivity index (χ2v) is 2.58. The second-order valence-electron chi connectivity index (χ2n) is 2.58. The van der Waals surface area contributed by atoms with Crippen molar-refractivity contribution in [3.63, 3.8) is 0 Å². The van der Waals surface area contributed by atoms with Crippen molar-refractivity contribution >= 4 is 5.91 Å². The van der Waals surface area contributed by atoms with Gasteiger partial charge in [-0.05, 0) is 13.0 Å². The van der Waals surface area contributed by atoms with E-state index in [0.717, 1.165) is 12.2 Å². The predicted molar refractivity (Wildman–Crippen MR) is 50.1 cm³/mol. The molecule has 0 aromatic carbocycles. The first-order chi connectivity index (χ1) is 6.33. The highest BCUT2D eigenvalue weighted by Gasteiger charge is 1.96. The average Bonchev–Trinajstić information content (AvgIpc) is 2.57. The molecule has 1 aromatic heterocycles. The summed E-state index contributed by atoms with van der Waals surface area (Å²) in [6, 6.07) is 0. The van der Waals surface area contributed by atoms with Gasteiger partial charge in [-0.2, -0.15) is 0 Å². The van der Waals surface area contributed by atoms with Gasteiger partial charge in [-0.3, -0.25) is 4.79 Å². The molecule has 0 saturated heterocycles. The fourth-order valence-corrected chi connectivity index (χ4v) is 0.949. The Balaban J connectivity index is 2.18. The second kappa shape index (κ2) is 5.13. The number of aromatic nitrogens is 2. The lowest BCUT2D eigenvalue weighted by molar-refractivity contribution is -0.116. The molecule has 13 heavy (non-hydrogen) atoms. The number of carbonyl (C=O) groups excluding carboxylic acids is 1. The van der Waals surface area contributed by atoms with Crippen LogP contribution in [0.3, 0.4) is 0 Å². The number of aromatic amines is 1. The number of hydrogen-bond acceptors (Lipinski definition) is 2. The molecule has 0 aliphatic heterocycles. The summed E-state index contributed by atoms with van der Waals surface area (Å²) in [6.45, 7) is 2.42. The average molecular weight is 179 g/mol. The van der Waals surface area contributed by atoms with E-state index < -0.39 is 0 Å².